The Balaban J connectivity index is 1.71. The number of aryl methyl sites for hydroxylation is 1. The van der Waals surface area contributed by atoms with E-state index in [-0.39, 0.29) is 6.04 Å². The topological polar surface area (TPSA) is 67.1 Å². The van der Waals surface area contributed by atoms with Crippen LogP contribution in [0.5, 0.6) is 0 Å². The number of hydrogen-bond acceptors (Lipinski definition) is 5. The maximum atomic E-state index is 6.27. The Labute approximate surface area is 176 Å². The van der Waals surface area contributed by atoms with Gasteiger partial charge in [0.15, 0.2) is 0 Å². The van der Waals surface area contributed by atoms with Crippen LogP contribution in [0.15, 0.2) is 42.5 Å². The molecule has 1 aliphatic rings. The molecule has 0 saturated heterocycles. The minimum Gasteiger partial charge on any atom is -0.349 e. The molecule has 4 rings (SSSR count). The summed E-state index contributed by atoms with van der Waals surface area (Å²) in [4.78, 5) is 11.9. The number of benzene rings is 2. The number of hydrogen-bond donors (Lipinski definition) is 2. The number of fused-ring (bicyclic) bond motifs is 1. The van der Waals surface area contributed by atoms with Crippen LogP contribution in [0, 0.1) is 13.8 Å². The van der Waals surface area contributed by atoms with Gasteiger partial charge in [-0.2, -0.15) is 4.98 Å². The van der Waals surface area contributed by atoms with Crippen molar-refractivity contribution in [1.82, 2.24) is 9.97 Å². The maximum Gasteiger partial charge on any atom is 0.229 e. The van der Waals surface area contributed by atoms with Crippen LogP contribution in [0.4, 0.5) is 17.5 Å². The van der Waals surface area contributed by atoms with Crippen molar-refractivity contribution in [2.75, 3.05) is 16.8 Å². The molecule has 2 aromatic carbocycles. The molecule has 1 unspecified atom stereocenters. The van der Waals surface area contributed by atoms with Gasteiger partial charge in [0.25, 0.3) is 0 Å². The molecule has 0 bridgehead atoms. The van der Waals surface area contributed by atoms with Crippen LogP contribution in [0.1, 0.15) is 40.9 Å². The van der Waals surface area contributed by atoms with Gasteiger partial charge in [-0.25, -0.2) is 4.98 Å². The van der Waals surface area contributed by atoms with Gasteiger partial charge < -0.3 is 16.0 Å². The summed E-state index contributed by atoms with van der Waals surface area (Å²) in [5, 5.41) is 4.14. The second kappa shape index (κ2) is 8.01. The third-order valence-corrected chi connectivity index (χ3v) is 6.00. The van der Waals surface area contributed by atoms with Gasteiger partial charge in [0.1, 0.15) is 5.82 Å². The molecular weight excluding hydrogens is 382 g/mol. The average Bonchev–Trinajstić information content (AvgIpc) is 2.72. The van der Waals surface area contributed by atoms with Gasteiger partial charge in [0, 0.05) is 35.1 Å². The number of anilines is 3. The third-order valence-electron chi connectivity index (χ3n) is 5.77. The lowest BCUT2D eigenvalue weighted by Gasteiger charge is -2.37. The van der Waals surface area contributed by atoms with Crippen LogP contribution < -0.4 is 16.0 Å². The lowest BCUT2D eigenvalue weighted by atomic mass is 9.93. The molecule has 2 heterocycles. The lowest BCUT2D eigenvalue weighted by Crippen LogP contribution is -2.35. The zero-order valence-corrected chi connectivity index (χ0v) is 17.8. The minimum atomic E-state index is 0.189. The second-order valence-electron chi connectivity index (χ2n) is 7.53. The molecule has 0 saturated carbocycles. The summed E-state index contributed by atoms with van der Waals surface area (Å²) in [6.07, 6.45) is 0.970. The van der Waals surface area contributed by atoms with Crippen molar-refractivity contribution in [2.24, 2.45) is 5.73 Å². The molecule has 29 heavy (non-hydrogen) atoms. The zero-order valence-electron chi connectivity index (χ0n) is 17.0. The first-order chi connectivity index (χ1) is 14.0. The van der Waals surface area contributed by atoms with Crippen LogP contribution >= 0.6 is 11.6 Å². The van der Waals surface area contributed by atoms with E-state index in [1.807, 2.05) is 37.3 Å². The number of nitrogens with two attached hydrogens (primary N) is 1. The van der Waals surface area contributed by atoms with Gasteiger partial charge in [-0.05, 0) is 62.1 Å². The summed E-state index contributed by atoms with van der Waals surface area (Å²) >= 11 is 6.27. The van der Waals surface area contributed by atoms with Gasteiger partial charge in [0.05, 0.1) is 6.04 Å². The Morgan fingerprint density at radius 1 is 1.17 bits per heavy atom. The molecule has 0 amide bonds. The highest BCUT2D eigenvalue weighted by molar-refractivity contribution is 6.30. The van der Waals surface area contributed by atoms with Gasteiger partial charge >= 0.3 is 0 Å². The van der Waals surface area contributed by atoms with Crippen molar-refractivity contribution < 1.29 is 0 Å². The van der Waals surface area contributed by atoms with Gasteiger partial charge in [0.2, 0.25) is 5.95 Å². The van der Waals surface area contributed by atoms with E-state index < -0.39 is 0 Å². The summed E-state index contributed by atoms with van der Waals surface area (Å²) < 4.78 is 0. The summed E-state index contributed by atoms with van der Waals surface area (Å²) in [5.74, 6) is 1.55. The van der Waals surface area contributed by atoms with Crippen LogP contribution in [-0.4, -0.2) is 16.5 Å². The molecule has 5 nitrogen and oxygen atoms in total. The molecule has 0 aliphatic carbocycles. The fourth-order valence-corrected chi connectivity index (χ4v) is 4.14. The predicted molar refractivity (Wildman–Crippen MR) is 120 cm³/mol. The number of halogens is 1. The van der Waals surface area contributed by atoms with E-state index in [0.29, 0.717) is 12.5 Å². The summed E-state index contributed by atoms with van der Waals surface area (Å²) in [6.45, 7) is 7.69. The summed E-state index contributed by atoms with van der Waals surface area (Å²) in [5.41, 5.74) is 12.5. The van der Waals surface area contributed by atoms with Crippen molar-refractivity contribution in [2.45, 2.75) is 39.8 Å². The summed E-state index contributed by atoms with van der Waals surface area (Å²) in [7, 11) is 0. The zero-order chi connectivity index (χ0) is 20.5. The Morgan fingerprint density at radius 3 is 2.76 bits per heavy atom. The highest BCUT2D eigenvalue weighted by Crippen LogP contribution is 2.36. The largest absolute Gasteiger partial charge is 0.349 e. The van der Waals surface area contributed by atoms with E-state index in [2.05, 4.69) is 41.2 Å². The molecule has 1 aliphatic heterocycles. The summed E-state index contributed by atoms with van der Waals surface area (Å²) in [6, 6.07) is 14.4. The van der Waals surface area contributed by atoms with E-state index in [9.17, 15) is 0 Å². The fraction of sp³-hybridized carbons (Fsp3) is 0.304. The molecule has 1 aromatic heterocycles. The molecule has 0 fully saturated rings. The van der Waals surface area contributed by atoms with E-state index in [4.69, 9.17) is 22.3 Å². The van der Waals surface area contributed by atoms with E-state index in [1.165, 1.54) is 11.1 Å². The standard InChI is InChI=1S/C23H26ClN5/c1-14-15(2)26-23(27-21-7-5-4-6-18(21)13-25)28-22(14)29-11-10-17-8-9-19(24)12-20(17)16(29)3/h4-9,12,16H,10-11,13,25H2,1-3H3,(H,26,27,28). The normalized spacial score (nSPS) is 15.9. The van der Waals surface area contributed by atoms with Crippen LogP contribution in [-0.2, 0) is 13.0 Å². The highest BCUT2D eigenvalue weighted by Gasteiger charge is 2.27. The second-order valence-corrected chi connectivity index (χ2v) is 7.97. The molecule has 3 aromatic rings. The van der Waals surface area contributed by atoms with Gasteiger partial charge in [-0.15, -0.1) is 0 Å². The first kappa shape index (κ1) is 19.7. The first-order valence-electron chi connectivity index (χ1n) is 9.93. The molecule has 6 heteroatoms. The third kappa shape index (κ3) is 3.80. The molecular formula is C23H26ClN5. The van der Waals surface area contributed by atoms with E-state index in [0.717, 1.165) is 46.3 Å². The molecule has 1 atom stereocenters. The SMILES string of the molecule is Cc1nc(Nc2ccccc2CN)nc(N2CCc3ccc(Cl)cc3C2C)c1C. The van der Waals surface area contributed by atoms with Crippen LogP contribution in [0.2, 0.25) is 5.02 Å². The molecule has 0 radical (unpaired) electrons. The number of para-hydroxylation sites is 1. The highest BCUT2D eigenvalue weighted by atomic mass is 35.5. The number of nitrogens with zero attached hydrogens (tertiary/aromatic N) is 3. The Morgan fingerprint density at radius 2 is 1.97 bits per heavy atom. The van der Waals surface area contributed by atoms with E-state index >= 15 is 0 Å². The van der Waals surface area contributed by atoms with Crippen molar-refractivity contribution in [1.29, 1.82) is 0 Å². The molecule has 0 spiro atoms. The Hall–Kier alpha value is -2.63. The quantitative estimate of drug-likeness (QED) is 0.631. The van der Waals surface area contributed by atoms with Gasteiger partial charge in [-0.3, -0.25) is 0 Å². The van der Waals surface area contributed by atoms with Crippen molar-refractivity contribution >= 4 is 29.1 Å². The molecule has 150 valence electrons. The van der Waals surface area contributed by atoms with Crippen molar-refractivity contribution in [3.8, 4) is 0 Å². The number of nitrogens with one attached hydrogen (secondary N) is 1. The van der Waals surface area contributed by atoms with Crippen LogP contribution in [0.25, 0.3) is 0 Å². The molecule has 3 N–H and O–H groups in total. The van der Waals surface area contributed by atoms with Gasteiger partial charge in [-0.1, -0.05) is 35.9 Å². The minimum absolute atomic E-state index is 0.189. The van der Waals surface area contributed by atoms with Crippen LogP contribution in [0.3, 0.4) is 0 Å². The number of rotatable bonds is 4. The van der Waals surface area contributed by atoms with E-state index in [1.54, 1.807) is 0 Å². The predicted octanol–water partition coefficient (Wildman–Crippen LogP) is 5.07. The monoisotopic (exact) mass is 407 g/mol. The van der Waals surface area contributed by atoms with Crippen molar-refractivity contribution in [3.63, 3.8) is 0 Å². The average molecular weight is 408 g/mol. The lowest BCUT2D eigenvalue weighted by molar-refractivity contribution is 0.614. The Kier molecular flexibility index (Phi) is 5.43. The smallest absolute Gasteiger partial charge is 0.229 e. The fourth-order valence-electron chi connectivity index (χ4n) is 3.96. The number of aromatic nitrogens is 2. The maximum absolute atomic E-state index is 6.27. The first-order valence-corrected chi connectivity index (χ1v) is 10.3. The van der Waals surface area contributed by atoms with Crippen molar-refractivity contribution in [3.05, 3.63) is 75.4 Å². The Bertz CT molecular complexity index is 1050.